The second-order valence-electron chi connectivity index (χ2n) is 34.5. The summed E-state index contributed by atoms with van der Waals surface area (Å²) in [7, 11) is 0. The van der Waals surface area contributed by atoms with Crippen LogP contribution in [0.25, 0.3) is 252 Å². The molecule has 0 spiro atoms. The molecule has 24 aromatic carbocycles. The van der Waals surface area contributed by atoms with Crippen molar-refractivity contribution in [3.8, 4) is 55.9 Å². The number of hydrogen-bond donors (Lipinski definition) is 0. The van der Waals surface area contributed by atoms with E-state index in [0.29, 0.717) is 43.5 Å². The lowest BCUT2D eigenvalue weighted by Gasteiger charge is -2.25. The van der Waals surface area contributed by atoms with Gasteiger partial charge in [-0.25, -0.2) is 0 Å². The molecule has 30 aromatic rings. The van der Waals surface area contributed by atoms with Crippen molar-refractivity contribution in [3.63, 3.8) is 0 Å². The number of para-hydroxylation sites is 8. The molecule has 0 aliphatic carbocycles. The van der Waals surface area contributed by atoms with Crippen LogP contribution in [0.5, 0.6) is 0 Å². The number of fused-ring (bicyclic) bond motifs is 22. The van der Waals surface area contributed by atoms with Crippen LogP contribution in [-0.4, -0.2) is 9.13 Å². The van der Waals surface area contributed by atoms with Crippen LogP contribution in [0, 0.1) is 0 Å². The number of aromatic nitrogens is 2. The van der Waals surface area contributed by atoms with Crippen LogP contribution in [0.2, 0.25) is 0 Å². The van der Waals surface area contributed by atoms with Gasteiger partial charge in [0, 0.05) is 177 Å². The molecule has 0 fully saturated rings. The highest BCUT2D eigenvalue weighted by molar-refractivity contribution is 6.41. The normalized spacial score (nSPS) is 14.2. The first kappa shape index (κ1) is 58.4. The molecule has 136 heavy (non-hydrogen) atoms. The number of rotatable bonds is 12. The summed E-state index contributed by atoms with van der Waals surface area (Å²) in [6.07, 6.45) is 0. The molecule has 8 nitrogen and oxygen atoms in total. The van der Waals surface area contributed by atoms with E-state index in [-0.39, 0.29) is 22.5 Å². The third kappa shape index (κ3) is 11.4. The Kier molecular flexibility index (Phi) is 12.7. The van der Waals surface area contributed by atoms with E-state index in [0.717, 1.165) is 142 Å². The predicted octanol–water partition coefficient (Wildman–Crippen LogP) is 36.6. The van der Waals surface area contributed by atoms with E-state index in [9.17, 15) is 0 Å². The minimum absolute atomic E-state index is 0.0555. The van der Waals surface area contributed by atoms with Gasteiger partial charge in [-0.3, -0.25) is 0 Å². The lowest BCUT2D eigenvalue weighted by molar-refractivity contribution is 0.672. The summed E-state index contributed by atoms with van der Waals surface area (Å²) in [5.41, 5.74) is 17.7. The van der Waals surface area contributed by atoms with Gasteiger partial charge in [-0.1, -0.05) is 267 Å². The molecule has 0 aliphatic rings. The summed E-state index contributed by atoms with van der Waals surface area (Å²) < 4.78 is 208. The molecule has 0 amide bonds. The van der Waals surface area contributed by atoms with Gasteiger partial charge < -0.3 is 36.6 Å². The number of hydrogen-bond acceptors (Lipinski definition) is 6. The first-order valence-electron chi connectivity index (χ1n) is 54.8. The molecule has 30 rings (SSSR count). The molecule has 632 valence electrons. The van der Waals surface area contributed by atoms with Crippen molar-refractivity contribution in [3.05, 3.63) is 461 Å². The quantitative estimate of drug-likeness (QED) is 0.114. The molecule has 0 bridgehead atoms. The zero-order valence-electron chi connectivity index (χ0n) is 91.8. The lowest BCUT2D eigenvalue weighted by atomic mass is 9.84. The molecule has 8 heteroatoms. The molecule has 0 saturated heterocycles. The lowest BCUT2D eigenvalue weighted by Crippen LogP contribution is -2.09. The largest absolute Gasteiger partial charge is 0.455 e. The second kappa shape index (κ2) is 29.6. The summed E-state index contributed by atoms with van der Waals surface area (Å²) in [6, 6.07) is 103. The fourth-order valence-electron chi connectivity index (χ4n) is 21.6. The average Bonchev–Trinajstić information content (AvgIpc) is 1.41. The summed E-state index contributed by atoms with van der Waals surface area (Å²) in [5.74, 6) is 0. The Balaban J connectivity index is 0.000000149. The maximum atomic E-state index is 9.07. The summed E-state index contributed by atoms with van der Waals surface area (Å²) in [5, 5.41) is 23.2. The smallest absolute Gasteiger partial charge is 0.143 e. The van der Waals surface area contributed by atoms with Crippen molar-refractivity contribution in [2.45, 2.75) is 0 Å². The van der Waals surface area contributed by atoms with Gasteiger partial charge in [0.2, 0.25) is 0 Å². The van der Waals surface area contributed by atoms with Crippen LogP contribution >= 0.6 is 0 Å². The topological polar surface area (TPSA) is 68.9 Å². The third-order valence-electron chi connectivity index (χ3n) is 27.3. The molecule has 0 radical (unpaired) electrons. The van der Waals surface area contributed by atoms with Crippen LogP contribution in [0.1, 0.15) is 27.4 Å². The standard InChI is InChI=1S/C64H36N2O2.C64H40N2O2/c1-3-15-37(16-4-1)47-33-53-62-50(36-52-46-30-28-40(32-60(46)67-63(52)53)66-57-25-13-9-21-43(57)44-22-10-14-26-58(44)66)48(38-17-5-2-6-18-38)34-54-61(62)49(47)35-51-45-29-27-39(31-59(45)68-64(51)54)65-55-23-11-7-19-41(55)42-20-8-12-24-56(42)65;1-7-19-41(20-8-1)53-35-43-37-56-52-34-32-50(66(47-27-15-5-16-28-47)48-29-17-6-18-30-48)40-58(52)68-64(56)62-54(42-21-9-2-10-22-42)36-44-38-55-51-33-31-49(39-57(51)67-63(55)61(53)59(44)60(43)62)65(45-23-11-3-12-24-45)46-25-13-4-14-26-46/h1-36H;1-40H/i;3D,4D,5D,6D,11D,12D,13D,14D,15D,16D,17D,18D,23D,24D,25D,26D,27D,28D,29D,30D. The minimum Gasteiger partial charge on any atom is -0.455 e. The van der Waals surface area contributed by atoms with Crippen molar-refractivity contribution in [1.29, 1.82) is 0 Å². The predicted molar refractivity (Wildman–Crippen MR) is 569 cm³/mol. The van der Waals surface area contributed by atoms with Crippen molar-refractivity contribution < 1.29 is 45.1 Å². The zero-order valence-corrected chi connectivity index (χ0v) is 71.8. The Hall–Kier alpha value is -18.2. The Morgan fingerprint density at radius 1 is 0.184 bits per heavy atom. The van der Waals surface area contributed by atoms with Crippen molar-refractivity contribution >= 4 is 230 Å². The summed E-state index contributed by atoms with van der Waals surface area (Å²) in [4.78, 5) is 2.17. The molecule has 0 aliphatic heterocycles. The van der Waals surface area contributed by atoms with Crippen LogP contribution in [-0.2, 0) is 0 Å². The van der Waals surface area contributed by atoms with Gasteiger partial charge in [0.05, 0.1) is 49.5 Å². The monoisotopic (exact) mass is 1750 g/mol. The molecule has 6 aromatic heterocycles. The third-order valence-corrected chi connectivity index (χ3v) is 27.3. The van der Waals surface area contributed by atoms with E-state index in [1.807, 2.05) is 72.8 Å². The van der Waals surface area contributed by atoms with Gasteiger partial charge in [-0.2, -0.15) is 0 Å². The Labute approximate surface area is 806 Å². The van der Waals surface area contributed by atoms with Crippen molar-refractivity contribution in [1.82, 2.24) is 9.13 Å². The zero-order chi connectivity index (χ0) is 106. The molecular weight excluding hydrogens is 1660 g/mol. The van der Waals surface area contributed by atoms with Crippen LogP contribution in [0.15, 0.2) is 478 Å². The first-order valence-corrected chi connectivity index (χ1v) is 44.8. The van der Waals surface area contributed by atoms with Gasteiger partial charge >= 0.3 is 0 Å². The fourth-order valence-corrected chi connectivity index (χ4v) is 21.6. The van der Waals surface area contributed by atoms with Gasteiger partial charge in [-0.05, 0) is 236 Å². The SMILES string of the molecule is [2H]c1c([2H])c([2H])c(N(c2ccc3c(c2)oc2c3cc3cc(-c4ccccc4)c4c5oc6cc(N(c7c([2H])c([2H])c([2H])c([2H])c7[2H])c7c([2H])c([2H])c([2H])c([2H])c7[2H])ccc6c5cc5cc(-c6ccccc6)c2c3c54)c2c([2H])c([2H])c([2H])c([2H])c2[2H])c([2H])c1[2H].c1ccc(-c2cc3c4oc5cc(-n6c7ccccc7c7ccccc76)ccc5c4cc4c(-c5ccccc5)cc5c6oc7cc(-n8c9ccccc9c9ccccc98)ccc7c6cc2c5c43)cc1. The highest BCUT2D eigenvalue weighted by Crippen LogP contribution is 2.56. The molecule has 0 N–H and O–H groups in total. The van der Waals surface area contributed by atoms with Gasteiger partial charge in [0.15, 0.2) is 0 Å². The Bertz CT molecular complexity index is 10500. The average molecular weight is 1750 g/mol. The van der Waals surface area contributed by atoms with Crippen molar-refractivity contribution in [2.75, 3.05) is 9.80 Å². The van der Waals surface area contributed by atoms with E-state index >= 15 is 0 Å². The van der Waals surface area contributed by atoms with Crippen LogP contribution < -0.4 is 9.80 Å². The van der Waals surface area contributed by atoms with E-state index in [2.05, 4.69) is 240 Å². The van der Waals surface area contributed by atoms with E-state index in [1.165, 1.54) is 65.2 Å². The Morgan fingerprint density at radius 2 is 0.471 bits per heavy atom. The molecular formula is C128H76N4O4. The molecule has 0 atom stereocenters. The molecule has 0 saturated carbocycles. The Morgan fingerprint density at radius 3 is 0.809 bits per heavy atom. The second-order valence-corrected chi connectivity index (χ2v) is 34.5. The number of nitrogens with zero attached hydrogens (tertiary/aromatic N) is 4. The van der Waals surface area contributed by atoms with Gasteiger partial charge in [-0.15, -0.1) is 0 Å². The highest BCUT2D eigenvalue weighted by atomic mass is 16.3. The summed E-state index contributed by atoms with van der Waals surface area (Å²) in [6.45, 7) is 0. The first-order chi connectivity index (χ1) is 75.7. The number of furan rings is 4. The van der Waals surface area contributed by atoms with Crippen molar-refractivity contribution in [2.24, 2.45) is 0 Å². The fraction of sp³-hybridized carbons (Fsp3) is 0. The summed E-state index contributed by atoms with van der Waals surface area (Å²) >= 11 is 0. The maximum absolute atomic E-state index is 9.07. The van der Waals surface area contributed by atoms with Crippen LogP contribution in [0.3, 0.4) is 0 Å². The van der Waals surface area contributed by atoms with E-state index in [4.69, 9.17) is 45.1 Å². The van der Waals surface area contributed by atoms with E-state index < -0.39 is 144 Å². The number of benzene rings is 24. The number of anilines is 6. The van der Waals surface area contributed by atoms with Gasteiger partial charge in [0.25, 0.3) is 0 Å². The molecule has 0 unspecified atom stereocenters. The minimum atomic E-state index is -0.707. The van der Waals surface area contributed by atoms with Gasteiger partial charge in [0.1, 0.15) is 44.7 Å². The highest BCUT2D eigenvalue weighted by Gasteiger charge is 2.31. The molecule has 6 heterocycles. The van der Waals surface area contributed by atoms with Crippen LogP contribution in [0.4, 0.5) is 34.1 Å². The van der Waals surface area contributed by atoms with E-state index in [1.54, 1.807) is 36.4 Å². The maximum Gasteiger partial charge on any atom is 0.143 e.